The molecule has 4 nitrogen and oxygen atoms in total. The van der Waals surface area contributed by atoms with Crippen molar-refractivity contribution in [3.63, 3.8) is 0 Å². The molecule has 1 aromatic rings. The van der Waals surface area contributed by atoms with Crippen molar-refractivity contribution in [1.29, 1.82) is 0 Å². The maximum absolute atomic E-state index is 12.3. The van der Waals surface area contributed by atoms with E-state index in [-0.39, 0.29) is 6.04 Å². The van der Waals surface area contributed by atoms with Crippen molar-refractivity contribution in [3.05, 3.63) is 39.5 Å². The van der Waals surface area contributed by atoms with Crippen molar-refractivity contribution >= 4 is 44.6 Å². The van der Waals surface area contributed by atoms with E-state index >= 15 is 0 Å². The smallest absolute Gasteiger partial charge is 0.232 e. The fraction of sp³-hybridized carbons (Fsp3) is 0.400. The number of halogens is 1. The number of anilines is 1. The number of benzene rings is 1. The first-order valence-corrected chi connectivity index (χ1v) is 9.74. The lowest BCUT2D eigenvalue weighted by atomic mass is 9.92. The minimum Gasteiger partial charge on any atom is -0.303 e. The maximum atomic E-state index is 12.3. The third kappa shape index (κ3) is 3.85. The summed E-state index contributed by atoms with van der Waals surface area (Å²) in [7, 11) is -3.42. The van der Waals surface area contributed by atoms with Gasteiger partial charge in [-0.3, -0.25) is 4.31 Å². The summed E-state index contributed by atoms with van der Waals surface area (Å²) in [4.78, 5) is 10.9. The molecule has 0 fully saturated rings. The zero-order valence-corrected chi connectivity index (χ0v) is 14.8. The lowest BCUT2D eigenvalue weighted by molar-refractivity contribution is -0.107. The highest BCUT2D eigenvalue weighted by molar-refractivity contribution is 14.1. The molecule has 1 aliphatic rings. The van der Waals surface area contributed by atoms with Crippen molar-refractivity contribution in [3.8, 4) is 0 Å². The summed E-state index contributed by atoms with van der Waals surface area (Å²) in [6.45, 7) is 0. The number of rotatable bonds is 5. The summed E-state index contributed by atoms with van der Waals surface area (Å²) >= 11 is 2.15. The maximum Gasteiger partial charge on any atom is 0.232 e. The fourth-order valence-corrected chi connectivity index (χ4v) is 4.74. The second kappa shape index (κ2) is 6.91. The Balaban J connectivity index is 2.51. The van der Waals surface area contributed by atoms with Gasteiger partial charge in [-0.05, 0) is 59.6 Å². The molecule has 1 unspecified atom stereocenters. The molecule has 0 N–H and O–H groups in total. The third-order valence-electron chi connectivity index (χ3n) is 3.57. The molecular formula is C15H18INO3S. The van der Waals surface area contributed by atoms with Crippen molar-refractivity contribution in [2.75, 3.05) is 10.6 Å². The highest BCUT2D eigenvalue weighted by Gasteiger charge is 2.31. The Hall–Kier alpha value is -0.890. The summed E-state index contributed by atoms with van der Waals surface area (Å²) in [6.07, 6.45) is 6.96. The number of aldehydes is 1. The SMILES string of the molecule is CS(=O)(=O)N(c1ccccc1I)C1CCCC=C1CC=O. The van der Waals surface area contributed by atoms with E-state index in [1.807, 2.05) is 30.3 Å². The second-order valence-electron chi connectivity index (χ2n) is 5.11. The van der Waals surface area contributed by atoms with Gasteiger partial charge in [0.25, 0.3) is 0 Å². The van der Waals surface area contributed by atoms with Gasteiger partial charge in [-0.25, -0.2) is 8.42 Å². The highest BCUT2D eigenvalue weighted by atomic mass is 127. The molecule has 1 aliphatic carbocycles. The van der Waals surface area contributed by atoms with E-state index in [9.17, 15) is 13.2 Å². The number of carbonyl (C=O) groups excluding carboxylic acids is 1. The zero-order valence-electron chi connectivity index (χ0n) is 11.8. The van der Waals surface area contributed by atoms with Gasteiger partial charge in [0.1, 0.15) is 6.29 Å². The van der Waals surface area contributed by atoms with E-state index in [2.05, 4.69) is 22.6 Å². The highest BCUT2D eigenvalue weighted by Crippen LogP contribution is 2.33. The Bertz CT molecular complexity index is 655. The van der Waals surface area contributed by atoms with Crippen LogP contribution in [0, 0.1) is 3.57 Å². The Kier molecular flexibility index (Phi) is 5.43. The minimum absolute atomic E-state index is 0.255. The van der Waals surface area contributed by atoms with E-state index < -0.39 is 10.0 Å². The van der Waals surface area contributed by atoms with Gasteiger partial charge >= 0.3 is 0 Å². The molecule has 0 saturated carbocycles. The average Bonchev–Trinajstić information content (AvgIpc) is 2.42. The van der Waals surface area contributed by atoms with Crippen molar-refractivity contribution in [1.82, 2.24) is 0 Å². The molecule has 114 valence electrons. The predicted molar refractivity (Wildman–Crippen MR) is 92.9 cm³/mol. The predicted octanol–water partition coefficient (Wildman–Crippen LogP) is 3.13. The molecular weight excluding hydrogens is 401 g/mol. The molecule has 0 amide bonds. The molecule has 2 rings (SSSR count). The van der Waals surface area contributed by atoms with E-state index in [1.165, 1.54) is 10.6 Å². The molecule has 6 heteroatoms. The van der Waals surface area contributed by atoms with Crippen LogP contribution in [0.5, 0.6) is 0 Å². The number of carbonyl (C=O) groups is 1. The number of para-hydroxylation sites is 1. The van der Waals surface area contributed by atoms with Gasteiger partial charge in [0.2, 0.25) is 10.0 Å². The number of nitrogens with zero attached hydrogens (tertiary/aromatic N) is 1. The van der Waals surface area contributed by atoms with Crippen molar-refractivity contribution < 1.29 is 13.2 Å². The van der Waals surface area contributed by atoms with Crippen LogP contribution in [-0.4, -0.2) is 27.0 Å². The molecule has 1 atom stereocenters. The first-order valence-electron chi connectivity index (χ1n) is 6.81. The first-order chi connectivity index (χ1) is 9.95. The molecule has 0 aromatic heterocycles. The van der Waals surface area contributed by atoms with Crippen LogP contribution in [0.1, 0.15) is 25.7 Å². The number of sulfonamides is 1. The minimum atomic E-state index is -3.42. The summed E-state index contributed by atoms with van der Waals surface area (Å²) < 4.78 is 27.0. The Morgan fingerprint density at radius 2 is 2.10 bits per heavy atom. The van der Waals surface area contributed by atoms with Gasteiger partial charge in [0.15, 0.2) is 0 Å². The standard InChI is InChI=1S/C15H18INO3S/c1-21(19,20)17(15-9-5-3-7-13(15)16)14-8-4-2-6-12(14)10-11-18/h3,5-7,9,11,14H,2,4,8,10H2,1H3. The average molecular weight is 419 g/mol. The van der Waals surface area contributed by atoms with Crippen LogP contribution in [0.4, 0.5) is 5.69 Å². The van der Waals surface area contributed by atoms with Gasteiger partial charge in [0.05, 0.1) is 18.0 Å². The van der Waals surface area contributed by atoms with E-state index in [4.69, 9.17) is 0 Å². The van der Waals surface area contributed by atoms with Crippen LogP contribution in [0.3, 0.4) is 0 Å². The van der Waals surface area contributed by atoms with Crippen molar-refractivity contribution in [2.45, 2.75) is 31.7 Å². The van der Waals surface area contributed by atoms with Crippen LogP contribution in [0.2, 0.25) is 0 Å². The van der Waals surface area contributed by atoms with Gasteiger partial charge < -0.3 is 4.79 Å². The fourth-order valence-electron chi connectivity index (χ4n) is 2.71. The molecule has 0 bridgehead atoms. The van der Waals surface area contributed by atoms with Gasteiger partial charge in [-0.15, -0.1) is 0 Å². The monoisotopic (exact) mass is 419 g/mol. The second-order valence-corrected chi connectivity index (χ2v) is 8.13. The largest absolute Gasteiger partial charge is 0.303 e. The number of allylic oxidation sites excluding steroid dienone is 1. The third-order valence-corrected chi connectivity index (χ3v) is 5.64. The van der Waals surface area contributed by atoms with Crippen LogP contribution in [0.25, 0.3) is 0 Å². The summed E-state index contributed by atoms with van der Waals surface area (Å²) in [6, 6.07) is 7.17. The van der Waals surface area contributed by atoms with Crippen LogP contribution < -0.4 is 4.31 Å². The van der Waals surface area contributed by atoms with E-state index in [0.29, 0.717) is 12.1 Å². The Morgan fingerprint density at radius 3 is 2.71 bits per heavy atom. The Morgan fingerprint density at radius 1 is 1.38 bits per heavy atom. The number of hydrogen-bond acceptors (Lipinski definition) is 3. The molecule has 1 aromatic carbocycles. The molecule has 0 saturated heterocycles. The van der Waals surface area contributed by atoms with Gasteiger partial charge in [-0.2, -0.15) is 0 Å². The Labute approximate surface area is 139 Å². The number of hydrogen-bond donors (Lipinski definition) is 0. The first kappa shape index (κ1) is 16.5. The molecule has 0 spiro atoms. The zero-order chi connectivity index (χ0) is 15.5. The topological polar surface area (TPSA) is 54.5 Å². The van der Waals surface area contributed by atoms with Gasteiger partial charge in [0, 0.05) is 9.99 Å². The molecule has 0 radical (unpaired) electrons. The van der Waals surface area contributed by atoms with E-state index in [1.54, 1.807) is 0 Å². The lowest BCUT2D eigenvalue weighted by Gasteiger charge is -2.35. The molecule has 0 aliphatic heterocycles. The molecule has 21 heavy (non-hydrogen) atoms. The van der Waals surface area contributed by atoms with Crippen LogP contribution in [0.15, 0.2) is 35.9 Å². The van der Waals surface area contributed by atoms with Crippen LogP contribution >= 0.6 is 22.6 Å². The lowest BCUT2D eigenvalue weighted by Crippen LogP contribution is -2.42. The summed E-state index contributed by atoms with van der Waals surface area (Å²) in [5.41, 5.74) is 1.59. The quantitative estimate of drug-likeness (QED) is 0.419. The molecule has 0 heterocycles. The normalized spacial score (nSPS) is 19.0. The van der Waals surface area contributed by atoms with E-state index in [0.717, 1.165) is 34.7 Å². The summed E-state index contributed by atoms with van der Waals surface area (Å²) in [5, 5.41) is 0. The van der Waals surface area contributed by atoms with Gasteiger partial charge in [-0.1, -0.05) is 18.2 Å². The van der Waals surface area contributed by atoms with Crippen LogP contribution in [-0.2, 0) is 14.8 Å². The van der Waals surface area contributed by atoms with Crippen molar-refractivity contribution in [2.24, 2.45) is 0 Å². The summed E-state index contributed by atoms with van der Waals surface area (Å²) in [5.74, 6) is 0.